The van der Waals surface area contributed by atoms with Gasteiger partial charge in [-0.25, -0.2) is 0 Å². The lowest BCUT2D eigenvalue weighted by Crippen LogP contribution is -2.21. The molecule has 0 aromatic carbocycles. The van der Waals surface area contributed by atoms with E-state index in [2.05, 4.69) is 22.4 Å². The zero-order chi connectivity index (χ0) is 12.8. The summed E-state index contributed by atoms with van der Waals surface area (Å²) in [5.41, 5.74) is 0. The maximum absolute atomic E-state index is 5.79. The minimum absolute atomic E-state index is 0.174. The van der Waals surface area contributed by atoms with E-state index in [4.69, 9.17) is 9.47 Å². The Morgan fingerprint density at radius 3 is 3.00 bits per heavy atom. The monoisotopic (exact) mass is 271 g/mol. The highest BCUT2D eigenvalue weighted by molar-refractivity contribution is 7.11. The maximum Gasteiger partial charge on any atom is 0.146 e. The van der Waals surface area contributed by atoms with Gasteiger partial charge in [0.15, 0.2) is 0 Å². The summed E-state index contributed by atoms with van der Waals surface area (Å²) in [6.45, 7) is 4.65. The molecule has 1 fully saturated rings. The van der Waals surface area contributed by atoms with Gasteiger partial charge in [0.2, 0.25) is 0 Å². The molecule has 1 N–H and O–H groups in total. The first-order valence-electron chi connectivity index (χ1n) is 6.47. The Morgan fingerprint density at radius 1 is 1.39 bits per heavy atom. The van der Waals surface area contributed by atoms with E-state index in [0.29, 0.717) is 6.10 Å². The summed E-state index contributed by atoms with van der Waals surface area (Å²) in [5, 5.41) is 13.9. The molecular weight excluding hydrogens is 250 g/mol. The van der Waals surface area contributed by atoms with Crippen LogP contribution < -0.4 is 5.32 Å². The summed E-state index contributed by atoms with van der Waals surface area (Å²) in [5.74, 6) is 0. The third-order valence-electron chi connectivity index (χ3n) is 2.99. The topological polar surface area (TPSA) is 56.3 Å². The molecule has 0 amide bonds. The Bertz CT molecular complexity index is 359. The van der Waals surface area contributed by atoms with Crippen molar-refractivity contribution in [3.8, 4) is 0 Å². The lowest BCUT2D eigenvalue weighted by atomic mass is 10.2. The van der Waals surface area contributed by atoms with Gasteiger partial charge in [0, 0.05) is 26.6 Å². The lowest BCUT2D eigenvalue weighted by Gasteiger charge is -2.05. The van der Waals surface area contributed by atoms with Gasteiger partial charge in [-0.15, -0.1) is 10.2 Å². The maximum atomic E-state index is 5.79. The second kappa shape index (κ2) is 7.13. The van der Waals surface area contributed by atoms with Gasteiger partial charge in [0.05, 0.1) is 12.7 Å². The number of hydrogen-bond acceptors (Lipinski definition) is 6. The van der Waals surface area contributed by atoms with Crippen molar-refractivity contribution < 1.29 is 9.47 Å². The Balaban J connectivity index is 1.72. The third-order valence-corrected chi connectivity index (χ3v) is 4.06. The standard InChI is InChI=1S/C12H21N3O2S/c1-9-3-4-10(17-9)12-15-14-11(18-12)5-6-13-7-8-16-2/h9-10,13H,3-8H2,1-2H3. The largest absolute Gasteiger partial charge is 0.383 e. The molecule has 102 valence electrons. The molecule has 1 aromatic heterocycles. The van der Waals surface area contributed by atoms with E-state index >= 15 is 0 Å². The number of aromatic nitrogens is 2. The number of methoxy groups -OCH3 is 1. The van der Waals surface area contributed by atoms with Crippen LogP contribution in [0.25, 0.3) is 0 Å². The minimum Gasteiger partial charge on any atom is -0.383 e. The third kappa shape index (κ3) is 3.98. The van der Waals surface area contributed by atoms with E-state index in [1.807, 2.05) is 0 Å². The Kier molecular flexibility index (Phi) is 5.49. The molecule has 2 rings (SSSR count). The Hall–Kier alpha value is -0.560. The predicted molar refractivity (Wildman–Crippen MR) is 70.9 cm³/mol. The SMILES string of the molecule is COCCNCCc1nnc(C2CCC(C)O2)s1. The zero-order valence-corrected chi connectivity index (χ0v) is 11.8. The molecule has 1 aromatic rings. The van der Waals surface area contributed by atoms with Crippen molar-refractivity contribution in [2.75, 3.05) is 26.8 Å². The predicted octanol–water partition coefficient (Wildman–Crippen LogP) is 1.56. The second-order valence-electron chi connectivity index (χ2n) is 4.54. The van der Waals surface area contributed by atoms with E-state index in [1.165, 1.54) is 0 Å². The average Bonchev–Trinajstić information content (AvgIpc) is 2.97. The number of hydrogen-bond donors (Lipinski definition) is 1. The molecular formula is C12H21N3O2S. The number of rotatable bonds is 7. The van der Waals surface area contributed by atoms with Gasteiger partial charge in [-0.1, -0.05) is 11.3 Å². The fraction of sp³-hybridized carbons (Fsp3) is 0.833. The van der Waals surface area contributed by atoms with E-state index in [1.54, 1.807) is 18.4 Å². The highest BCUT2D eigenvalue weighted by Gasteiger charge is 2.26. The normalized spacial score (nSPS) is 23.7. The van der Waals surface area contributed by atoms with Crippen molar-refractivity contribution in [2.45, 2.75) is 38.4 Å². The first-order valence-corrected chi connectivity index (χ1v) is 7.28. The van der Waals surface area contributed by atoms with Crippen molar-refractivity contribution in [3.05, 3.63) is 10.0 Å². The van der Waals surface area contributed by atoms with Crippen LogP contribution >= 0.6 is 11.3 Å². The lowest BCUT2D eigenvalue weighted by molar-refractivity contribution is 0.0550. The van der Waals surface area contributed by atoms with Crippen molar-refractivity contribution in [1.29, 1.82) is 0 Å². The van der Waals surface area contributed by atoms with Crippen LogP contribution in [-0.4, -0.2) is 43.1 Å². The molecule has 2 unspecified atom stereocenters. The highest BCUT2D eigenvalue weighted by atomic mass is 32.1. The first-order chi connectivity index (χ1) is 8.79. The summed E-state index contributed by atoms with van der Waals surface area (Å²) in [6.07, 6.45) is 3.65. The van der Waals surface area contributed by atoms with Crippen LogP contribution in [0, 0.1) is 0 Å². The average molecular weight is 271 g/mol. The van der Waals surface area contributed by atoms with E-state index in [-0.39, 0.29) is 6.10 Å². The molecule has 1 aliphatic heterocycles. The quantitative estimate of drug-likeness (QED) is 0.763. The molecule has 1 saturated heterocycles. The van der Waals surface area contributed by atoms with Crippen molar-refractivity contribution in [1.82, 2.24) is 15.5 Å². The fourth-order valence-corrected chi connectivity index (χ4v) is 2.89. The van der Waals surface area contributed by atoms with Crippen LogP contribution in [0.2, 0.25) is 0 Å². The summed E-state index contributed by atoms with van der Waals surface area (Å²) < 4.78 is 10.8. The molecule has 5 nitrogen and oxygen atoms in total. The molecule has 0 aliphatic carbocycles. The number of nitrogens with one attached hydrogen (secondary N) is 1. The Morgan fingerprint density at radius 2 is 2.28 bits per heavy atom. The van der Waals surface area contributed by atoms with Gasteiger partial charge in [0.25, 0.3) is 0 Å². The van der Waals surface area contributed by atoms with Crippen molar-refractivity contribution in [3.63, 3.8) is 0 Å². The summed E-state index contributed by atoms with van der Waals surface area (Å²) in [6, 6.07) is 0. The zero-order valence-electron chi connectivity index (χ0n) is 11.0. The fourth-order valence-electron chi connectivity index (χ4n) is 1.98. The van der Waals surface area contributed by atoms with E-state index < -0.39 is 0 Å². The van der Waals surface area contributed by atoms with Crippen LogP contribution in [0.1, 0.15) is 35.9 Å². The molecule has 18 heavy (non-hydrogen) atoms. The van der Waals surface area contributed by atoms with Crippen LogP contribution in [0.4, 0.5) is 0 Å². The molecule has 6 heteroatoms. The molecule has 0 spiro atoms. The summed E-state index contributed by atoms with van der Waals surface area (Å²) in [7, 11) is 1.71. The smallest absolute Gasteiger partial charge is 0.146 e. The first kappa shape index (κ1) is 13.9. The van der Waals surface area contributed by atoms with Crippen molar-refractivity contribution >= 4 is 11.3 Å². The summed E-state index contributed by atoms with van der Waals surface area (Å²) in [4.78, 5) is 0. The van der Waals surface area contributed by atoms with Crippen molar-refractivity contribution in [2.24, 2.45) is 0 Å². The van der Waals surface area contributed by atoms with Crippen LogP contribution in [0.3, 0.4) is 0 Å². The van der Waals surface area contributed by atoms with Gasteiger partial charge >= 0.3 is 0 Å². The number of nitrogens with zero attached hydrogens (tertiary/aromatic N) is 2. The molecule has 0 saturated carbocycles. The van der Waals surface area contributed by atoms with E-state index in [9.17, 15) is 0 Å². The van der Waals surface area contributed by atoms with Gasteiger partial charge in [0.1, 0.15) is 16.1 Å². The minimum atomic E-state index is 0.174. The van der Waals surface area contributed by atoms with E-state index in [0.717, 1.165) is 49.0 Å². The van der Waals surface area contributed by atoms with Crippen LogP contribution in [-0.2, 0) is 15.9 Å². The molecule has 0 radical (unpaired) electrons. The molecule has 1 aliphatic rings. The summed E-state index contributed by atoms with van der Waals surface area (Å²) >= 11 is 1.68. The Labute approximate surface area is 112 Å². The molecule has 2 heterocycles. The second-order valence-corrected chi connectivity index (χ2v) is 5.63. The van der Waals surface area contributed by atoms with Gasteiger partial charge in [-0.3, -0.25) is 0 Å². The van der Waals surface area contributed by atoms with Gasteiger partial charge < -0.3 is 14.8 Å². The molecule has 2 atom stereocenters. The highest BCUT2D eigenvalue weighted by Crippen LogP contribution is 2.33. The number of ether oxygens (including phenoxy) is 2. The molecule has 0 bridgehead atoms. The van der Waals surface area contributed by atoms with Crippen LogP contribution in [0.5, 0.6) is 0 Å². The van der Waals surface area contributed by atoms with Gasteiger partial charge in [-0.05, 0) is 19.8 Å². The van der Waals surface area contributed by atoms with Gasteiger partial charge in [-0.2, -0.15) is 0 Å². The van der Waals surface area contributed by atoms with Crippen LogP contribution in [0.15, 0.2) is 0 Å².